The van der Waals surface area contributed by atoms with E-state index < -0.39 is 0 Å². The number of nitrogens with one attached hydrogen (secondary N) is 2. The van der Waals surface area contributed by atoms with E-state index in [1.54, 1.807) is 0 Å². The largest absolute Gasteiger partial charge is 0.348 e. The number of rotatable bonds is 4. The van der Waals surface area contributed by atoms with Gasteiger partial charge in [0.25, 0.3) is 12.5 Å². The Labute approximate surface area is 84.3 Å². The molecular weight excluding hydrogens is 180 g/mol. The Kier molecular flexibility index (Phi) is 4.97. The lowest BCUT2D eigenvalue weighted by molar-refractivity contribution is -0.119. The van der Waals surface area contributed by atoms with Crippen LogP contribution >= 0.6 is 0 Å². The minimum absolute atomic E-state index is 0.0540. The van der Waals surface area contributed by atoms with Crippen LogP contribution < -0.4 is 10.6 Å². The summed E-state index contributed by atoms with van der Waals surface area (Å²) in [6.45, 7) is 12.1. The van der Waals surface area contributed by atoms with Crippen molar-refractivity contribution >= 4 is 5.91 Å². The highest BCUT2D eigenvalue weighted by Gasteiger charge is 2.09. The first-order valence-electron chi connectivity index (χ1n) is 4.86. The predicted molar refractivity (Wildman–Crippen MR) is 53.8 cm³/mol. The molecule has 5 heteroatoms. The third-order valence-electron chi connectivity index (χ3n) is 2.18. The van der Waals surface area contributed by atoms with Gasteiger partial charge in [0, 0.05) is 39.3 Å². The van der Waals surface area contributed by atoms with Crippen molar-refractivity contribution in [3.63, 3.8) is 0 Å². The molecule has 1 saturated heterocycles. The molecule has 1 heterocycles. The Bertz CT molecular complexity index is 217. The molecule has 78 valence electrons. The minimum Gasteiger partial charge on any atom is -0.348 e. The van der Waals surface area contributed by atoms with Gasteiger partial charge in [0.05, 0.1) is 0 Å². The molecule has 0 bridgehead atoms. The van der Waals surface area contributed by atoms with Crippen molar-refractivity contribution < 1.29 is 4.79 Å². The van der Waals surface area contributed by atoms with Crippen LogP contribution in [0.3, 0.4) is 0 Å². The Morgan fingerprint density at radius 1 is 1.50 bits per heavy atom. The lowest BCUT2D eigenvalue weighted by Crippen LogP contribution is -2.46. The Hall–Kier alpha value is -1.12. The van der Waals surface area contributed by atoms with Crippen LogP contribution in [0.25, 0.3) is 4.85 Å². The zero-order valence-electron chi connectivity index (χ0n) is 8.25. The lowest BCUT2D eigenvalue weighted by atomic mass is 10.3. The SMILES string of the molecule is [C-]#[N+]CC(=O)NCCN1CCNCC1. The van der Waals surface area contributed by atoms with E-state index >= 15 is 0 Å². The molecule has 0 aromatic carbocycles. The van der Waals surface area contributed by atoms with Crippen LogP contribution in [0, 0.1) is 6.57 Å². The van der Waals surface area contributed by atoms with Crippen LogP contribution in [-0.2, 0) is 4.79 Å². The molecule has 1 aliphatic rings. The van der Waals surface area contributed by atoms with Crippen LogP contribution in [0.2, 0.25) is 0 Å². The van der Waals surface area contributed by atoms with E-state index in [4.69, 9.17) is 6.57 Å². The van der Waals surface area contributed by atoms with Gasteiger partial charge in [-0.05, 0) is 0 Å². The van der Waals surface area contributed by atoms with E-state index in [2.05, 4.69) is 20.4 Å². The molecule has 1 fully saturated rings. The highest BCUT2D eigenvalue weighted by molar-refractivity contribution is 5.79. The lowest BCUT2D eigenvalue weighted by Gasteiger charge is -2.26. The van der Waals surface area contributed by atoms with Crippen LogP contribution in [0.5, 0.6) is 0 Å². The van der Waals surface area contributed by atoms with Crippen LogP contribution in [0.15, 0.2) is 0 Å². The summed E-state index contributed by atoms with van der Waals surface area (Å²) < 4.78 is 0. The van der Waals surface area contributed by atoms with Crippen molar-refractivity contribution in [1.29, 1.82) is 0 Å². The quantitative estimate of drug-likeness (QED) is 0.563. The smallest absolute Gasteiger partial charge is 0.300 e. The van der Waals surface area contributed by atoms with E-state index in [9.17, 15) is 4.79 Å². The first-order valence-corrected chi connectivity index (χ1v) is 4.86. The third kappa shape index (κ3) is 4.21. The standard InChI is InChI=1S/C9H16N4O/c1-10-8-9(14)12-4-7-13-5-2-11-3-6-13/h11H,2-8H2,(H,12,14). The summed E-state index contributed by atoms with van der Waals surface area (Å²) in [6.07, 6.45) is 0. The molecule has 0 aliphatic carbocycles. The molecule has 2 N–H and O–H groups in total. The third-order valence-corrected chi connectivity index (χ3v) is 2.18. The molecule has 1 amide bonds. The average molecular weight is 196 g/mol. The van der Waals surface area contributed by atoms with Gasteiger partial charge in [-0.2, -0.15) is 0 Å². The second-order valence-corrected chi connectivity index (χ2v) is 3.26. The topological polar surface area (TPSA) is 48.7 Å². The number of amides is 1. The molecule has 0 aromatic heterocycles. The van der Waals surface area contributed by atoms with Gasteiger partial charge in [-0.15, -0.1) is 0 Å². The van der Waals surface area contributed by atoms with E-state index in [1.165, 1.54) is 0 Å². The van der Waals surface area contributed by atoms with Gasteiger partial charge in [0.2, 0.25) is 0 Å². The van der Waals surface area contributed by atoms with E-state index in [-0.39, 0.29) is 12.5 Å². The summed E-state index contributed by atoms with van der Waals surface area (Å²) in [5.41, 5.74) is 0. The zero-order chi connectivity index (χ0) is 10.2. The molecule has 1 aliphatic heterocycles. The van der Waals surface area contributed by atoms with Crippen molar-refractivity contribution in [2.75, 3.05) is 45.8 Å². The first kappa shape index (κ1) is 11.0. The maximum absolute atomic E-state index is 10.9. The number of nitrogens with zero attached hydrogens (tertiary/aromatic N) is 2. The molecule has 0 atom stereocenters. The molecule has 0 saturated carbocycles. The predicted octanol–water partition coefficient (Wildman–Crippen LogP) is -1.07. The molecule has 14 heavy (non-hydrogen) atoms. The highest BCUT2D eigenvalue weighted by atomic mass is 16.1. The normalized spacial score (nSPS) is 17.4. The zero-order valence-corrected chi connectivity index (χ0v) is 8.25. The fraction of sp³-hybridized carbons (Fsp3) is 0.778. The van der Waals surface area contributed by atoms with Gasteiger partial charge >= 0.3 is 0 Å². The van der Waals surface area contributed by atoms with E-state index in [0.29, 0.717) is 6.54 Å². The number of carbonyl (C=O) groups excluding carboxylic acids is 1. The monoisotopic (exact) mass is 196 g/mol. The number of piperazine rings is 1. The van der Waals surface area contributed by atoms with Crippen molar-refractivity contribution in [2.24, 2.45) is 0 Å². The van der Waals surface area contributed by atoms with Crippen molar-refractivity contribution in [3.8, 4) is 0 Å². The van der Waals surface area contributed by atoms with Crippen LogP contribution in [-0.4, -0.2) is 56.6 Å². The van der Waals surface area contributed by atoms with Gasteiger partial charge < -0.3 is 15.5 Å². The first-order chi connectivity index (χ1) is 6.83. The molecule has 0 aromatic rings. The van der Waals surface area contributed by atoms with Gasteiger partial charge in [-0.3, -0.25) is 9.69 Å². The molecular formula is C9H16N4O. The molecule has 5 nitrogen and oxygen atoms in total. The maximum atomic E-state index is 10.9. The second kappa shape index (κ2) is 6.35. The molecule has 1 rings (SSSR count). The highest BCUT2D eigenvalue weighted by Crippen LogP contribution is 1.89. The van der Waals surface area contributed by atoms with E-state index in [0.717, 1.165) is 32.7 Å². The Morgan fingerprint density at radius 2 is 2.21 bits per heavy atom. The van der Waals surface area contributed by atoms with Gasteiger partial charge in [-0.25, -0.2) is 6.57 Å². The second-order valence-electron chi connectivity index (χ2n) is 3.26. The van der Waals surface area contributed by atoms with Gasteiger partial charge in [0.1, 0.15) is 0 Å². The van der Waals surface area contributed by atoms with Crippen molar-refractivity contribution in [2.45, 2.75) is 0 Å². The number of hydrogen-bond acceptors (Lipinski definition) is 3. The average Bonchev–Trinajstić information content (AvgIpc) is 2.20. The summed E-state index contributed by atoms with van der Waals surface area (Å²) in [5, 5.41) is 5.98. The number of hydrogen-bond donors (Lipinski definition) is 2. The maximum Gasteiger partial charge on any atom is 0.300 e. The van der Waals surface area contributed by atoms with Gasteiger partial charge in [-0.1, -0.05) is 0 Å². The van der Waals surface area contributed by atoms with Crippen molar-refractivity contribution in [1.82, 2.24) is 15.5 Å². The fourth-order valence-electron chi connectivity index (χ4n) is 1.42. The summed E-state index contributed by atoms with van der Waals surface area (Å²) in [7, 11) is 0. The fourth-order valence-corrected chi connectivity index (χ4v) is 1.42. The van der Waals surface area contributed by atoms with Crippen LogP contribution in [0.1, 0.15) is 0 Å². The molecule has 0 radical (unpaired) electrons. The van der Waals surface area contributed by atoms with Crippen LogP contribution in [0.4, 0.5) is 0 Å². The Balaban J connectivity index is 2.03. The number of carbonyl (C=O) groups is 1. The summed E-state index contributed by atoms with van der Waals surface area (Å²) in [5.74, 6) is -0.171. The molecule has 0 spiro atoms. The summed E-state index contributed by atoms with van der Waals surface area (Å²) in [4.78, 5) is 16.2. The van der Waals surface area contributed by atoms with Gasteiger partial charge in [0.15, 0.2) is 0 Å². The minimum atomic E-state index is -0.171. The summed E-state index contributed by atoms with van der Waals surface area (Å²) >= 11 is 0. The Morgan fingerprint density at radius 3 is 2.86 bits per heavy atom. The van der Waals surface area contributed by atoms with E-state index in [1.807, 2.05) is 0 Å². The van der Waals surface area contributed by atoms with Crippen molar-refractivity contribution in [3.05, 3.63) is 11.4 Å². The summed E-state index contributed by atoms with van der Waals surface area (Å²) in [6, 6.07) is 0. The molecule has 0 unspecified atom stereocenters.